The largest absolute Gasteiger partial charge is 0.438 e. The van der Waals surface area contributed by atoms with E-state index in [1.807, 2.05) is 30.3 Å². The van der Waals surface area contributed by atoms with Crippen LogP contribution >= 0.6 is 0 Å². The maximum Gasteiger partial charge on any atom is 0.231 e. The monoisotopic (exact) mass is 550 g/mol. The van der Waals surface area contributed by atoms with Gasteiger partial charge in [0.15, 0.2) is 5.82 Å². The highest BCUT2D eigenvalue weighted by atomic mass is 16.3. The minimum Gasteiger partial charge on any atom is -0.438 e. The van der Waals surface area contributed by atoms with Crippen molar-refractivity contribution in [2.45, 2.75) is 0 Å². The number of fused-ring (bicyclic) bond motifs is 3. The fourth-order valence-electron chi connectivity index (χ4n) is 5.76. The van der Waals surface area contributed by atoms with Crippen LogP contribution in [0.15, 0.2) is 162 Å². The number of rotatable bonds is 5. The summed E-state index contributed by atoms with van der Waals surface area (Å²) >= 11 is 0. The SMILES string of the molecule is c1ccc(-c2cccc(-c3ccc(-c4nc(-c5cccc(-c6ccccc6)c5)c5c(n4)oc4ccccc45)cc3)c2)cc1. The summed E-state index contributed by atoms with van der Waals surface area (Å²) in [5.74, 6) is 0.635. The summed E-state index contributed by atoms with van der Waals surface area (Å²) in [4.78, 5) is 10.1. The van der Waals surface area contributed by atoms with Gasteiger partial charge in [-0.3, -0.25) is 0 Å². The zero-order valence-electron chi connectivity index (χ0n) is 23.3. The molecule has 0 unspecified atom stereocenters. The first kappa shape index (κ1) is 25.0. The van der Waals surface area contributed by atoms with Gasteiger partial charge in [0.1, 0.15) is 5.58 Å². The third-order valence-electron chi connectivity index (χ3n) is 7.93. The second kappa shape index (κ2) is 10.6. The molecule has 202 valence electrons. The van der Waals surface area contributed by atoms with Crippen molar-refractivity contribution in [3.8, 4) is 56.0 Å². The van der Waals surface area contributed by atoms with Gasteiger partial charge >= 0.3 is 0 Å². The third kappa shape index (κ3) is 4.67. The van der Waals surface area contributed by atoms with Crippen LogP contribution in [0.3, 0.4) is 0 Å². The molecule has 3 nitrogen and oxygen atoms in total. The maximum atomic E-state index is 6.29. The normalized spacial score (nSPS) is 11.3. The summed E-state index contributed by atoms with van der Waals surface area (Å²) in [6.07, 6.45) is 0. The van der Waals surface area contributed by atoms with Gasteiger partial charge in [0, 0.05) is 16.5 Å². The molecule has 8 rings (SSSR count). The summed E-state index contributed by atoms with van der Waals surface area (Å²) in [6.45, 7) is 0. The van der Waals surface area contributed by atoms with Crippen molar-refractivity contribution in [1.82, 2.24) is 9.97 Å². The van der Waals surface area contributed by atoms with Crippen LogP contribution in [0.1, 0.15) is 0 Å². The number of furan rings is 1. The molecule has 2 aromatic heterocycles. The molecule has 6 aromatic carbocycles. The van der Waals surface area contributed by atoms with Gasteiger partial charge in [-0.05, 0) is 51.6 Å². The lowest BCUT2D eigenvalue weighted by Crippen LogP contribution is -1.94. The number of aromatic nitrogens is 2. The highest BCUT2D eigenvalue weighted by Gasteiger charge is 2.18. The van der Waals surface area contributed by atoms with Crippen molar-refractivity contribution in [1.29, 1.82) is 0 Å². The van der Waals surface area contributed by atoms with Gasteiger partial charge in [0.2, 0.25) is 5.71 Å². The second-order valence-corrected chi connectivity index (χ2v) is 10.6. The van der Waals surface area contributed by atoms with Crippen LogP contribution in [-0.2, 0) is 0 Å². The lowest BCUT2D eigenvalue weighted by atomic mass is 9.98. The van der Waals surface area contributed by atoms with Crippen molar-refractivity contribution >= 4 is 22.1 Å². The standard InChI is InChI=1S/C40H26N2O/c1-3-11-27(12-4-1)31-15-9-16-32(25-31)29-21-23-30(24-22-29)39-41-38(37-35-19-7-8-20-36(35)43-40(37)42-39)34-18-10-17-33(26-34)28-13-5-2-6-14-28/h1-26H. The Morgan fingerprint density at radius 1 is 0.372 bits per heavy atom. The Morgan fingerprint density at radius 2 is 0.860 bits per heavy atom. The molecule has 0 aliphatic heterocycles. The van der Waals surface area contributed by atoms with Crippen LogP contribution < -0.4 is 0 Å². The molecule has 0 spiro atoms. The lowest BCUT2D eigenvalue weighted by molar-refractivity contribution is 0.653. The molecule has 0 radical (unpaired) electrons. The van der Waals surface area contributed by atoms with Crippen LogP contribution in [0.5, 0.6) is 0 Å². The van der Waals surface area contributed by atoms with Crippen LogP contribution in [0, 0.1) is 0 Å². The summed E-state index contributed by atoms with van der Waals surface area (Å²) in [6, 6.07) is 54.6. The molecular weight excluding hydrogens is 524 g/mol. The topological polar surface area (TPSA) is 38.9 Å². The Labute approximate surface area is 249 Å². The molecular formula is C40H26N2O. The van der Waals surface area contributed by atoms with Crippen LogP contribution in [-0.4, -0.2) is 9.97 Å². The minimum absolute atomic E-state index is 0.589. The number of benzene rings is 6. The van der Waals surface area contributed by atoms with Crippen molar-refractivity contribution in [2.75, 3.05) is 0 Å². The first-order valence-corrected chi connectivity index (χ1v) is 14.4. The molecule has 0 saturated heterocycles. The summed E-state index contributed by atoms with van der Waals surface area (Å²) in [5.41, 5.74) is 11.2. The first-order chi connectivity index (χ1) is 21.3. The summed E-state index contributed by atoms with van der Waals surface area (Å²) in [5, 5.41) is 1.94. The lowest BCUT2D eigenvalue weighted by Gasteiger charge is -2.10. The van der Waals surface area contributed by atoms with E-state index < -0.39 is 0 Å². The average molecular weight is 551 g/mol. The van der Waals surface area contributed by atoms with E-state index in [1.165, 1.54) is 22.3 Å². The van der Waals surface area contributed by atoms with E-state index >= 15 is 0 Å². The van der Waals surface area contributed by atoms with Crippen LogP contribution in [0.2, 0.25) is 0 Å². The zero-order valence-corrected chi connectivity index (χ0v) is 23.3. The Kier molecular flexibility index (Phi) is 6.12. The van der Waals surface area contributed by atoms with Gasteiger partial charge in [-0.25, -0.2) is 4.98 Å². The molecule has 0 aliphatic rings. The number of hydrogen-bond donors (Lipinski definition) is 0. The Balaban J connectivity index is 1.24. The predicted octanol–water partition coefficient (Wildman–Crippen LogP) is 10.7. The van der Waals surface area contributed by atoms with Gasteiger partial charge in [-0.2, -0.15) is 4.98 Å². The van der Waals surface area contributed by atoms with Gasteiger partial charge < -0.3 is 4.42 Å². The minimum atomic E-state index is 0.589. The predicted molar refractivity (Wildman–Crippen MR) is 176 cm³/mol. The molecule has 0 atom stereocenters. The van der Waals surface area contributed by atoms with E-state index in [0.29, 0.717) is 11.5 Å². The molecule has 0 bridgehead atoms. The van der Waals surface area contributed by atoms with E-state index in [-0.39, 0.29) is 0 Å². The quantitative estimate of drug-likeness (QED) is 0.214. The highest BCUT2D eigenvalue weighted by molar-refractivity contribution is 6.10. The second-order valence-electron chi connectivity index (χ2n) is 10.6. The molecule has 2 heterocycles. The van der Waals surface area contributed by atoms with Crippen molar-refractivity contribution in [2.24, 2.45) is 0 Å². The fourth-order valence-corrected chi connectivity index (χ4v) is 5.76. The molecule has 0 fully saturated rings. The third-order valence-corrected chi connectivity index (χ3v) is 7.93. The Bertz CT molecular complexity index is 2220. The van der Waals surface area contributed by atoms with Gasteiger partial charge in [0.05, 0.1) is 11.1 Å². The summed E-state index contributed by atoms with van der Waals surface area (Å²) < 4.78 is 6.29. The Hall–Kier alpha value is -5.80. The number of para-hydroxylation sites is 1. The van der Waals surface area contributed by atoms with E-state index in [4.69, 9.17) is 14.4 Å². The van der Waals surface area contributed by atoms with Gasteiger partial charge in [-0.1, -0.05) is 140 Å². The Morgan fingerprint density at radius 3 is 1.51 bits per heavy atom. The van der Waals surface area contributed by atoms with Crippen molar-refractivity contribution < 1.29 is 4.42 Å². The van der Waals surface area contributed by atoms with Crippen molar-refractivity contribution in [3.63, 3.8) is 0 Å². The molecule has 0 N–H and O–H groups in total. The molecule has 8 aromatic rings. The first-order valence-electron chi connectivity index (χ1n) is 14.4. The van der Waals surface area contributed by atoms with E-state index in [2.05, 4.69) is 127 Å². The number of nitrogens with zero attached hydrogens (tertiary/aromatic N) is 2. The van der Waals surface area contributed by atoms with Crippen molar-refractivity contribution in [3.05, 3.63) is 158 Å². The molecule has 0 aliphatic carbocycles. The maximum absolute atomic E-state index is 6.29. The van der Waals surface area contributed by atoms with Crippen LogP contribution in [0.4, 0.5) is 0 Å². The zero-order chi connectivity index (χ0) is 28.6. The van der Waals surface area contributed by atoms with E-state index in [0.717, 1.165) is 44.3 Å². The summed E-state index contributed by atoms with van der Waals surface area (Å²) in [7, 11) is 0. The molecule has 43 heavy (non-hydrogen) atoms. The number of hydrogen-bond acceptors (Lipinski definition) is 3. The molecule has 0 saturated carbocycles. The van der Waals surface area contributed by atoms with E-state index in [9.17, 15) is 0 Å². The van der Waals surface area contributed by atoms with Crippen LogP contribution in [0.25, 0.3) is 78.1 Å². The van der Waals surface area contributed by atoms with E-state index in [1.54, 1.807) is 0 Å². The molecule has 0 amide bonds. The van der Waals surface area contributed by atoms with Gasteiger partial charge in [0.25, 0.3) is 0 Å². The fraction of sp³-hybridized carbons (Fsp3) is 0. The smallest absolute Gasteiger partial charge is 0.231 e. The highest BCUT2D eigenvalue weighted by Crippen LogP contribution is 2.37. The van der Waals surface area contributed by atoms with Gasteiger partial charge in [-0.15, -0.1) is 0 Å². The molecule has 3 heteroatoms. The average Bonchev–Trinajstić information content (AvgIpc) is 3.47.